The SMILES string of the molecule is Cc1nnc(C(=O)N2CCn3c(cc4c(Cl)cccc43)C2)s1. The number of carbonyl (C=O) groups excluding carboxylic acids is 1. The number of rotatable bonds is 1. The minimum atomic E-state index is -0.0480. The Morgan fingerprint density at radius 1 is 1.32 bits per heavy atom. The molecule has 1 aliphatic heterocycles. The Labute approximate surface area is 136 Å². The fraction of sp³-hybridized carbons (Fsp3) is 0.267. The molecular formula is C15H13ClN4OS. The molecule has 0 atom stereocenters. The van der Waals surface area contributed by atoms with Crippen molar-refractivity contribution in [3.8, 4) is 0 Å². The van der Waals surface area contributed by atoms with Gasteiger partial charge >= 0.3 is 0 Å². The minimum absolute atomic E-state index is 0.0480. The van der Waals surface area contributed by atoms with Crippen LogP contribution in [0.15, 0.2) is 24.3 Å². The highest BCUT2D eigenvalue weighted by Gasteiger charge is 2.25. The molecule has 3 heterocycles. The Morgan fingerprint density at radius 2 is 2.18 bits per heavy atom. The molecule has 5 nitrogen and oxygen atoms in total. The van der Waals surface area contributed by atoms with Gasteiger partial charge in [-0.05, 0) is 25.1 Å². The third kappa shape index (κ3) is 2.10. The number of aryl methyl sites for hydroxylation is 1. The molecule has 0 radical (unpaired) electrons. The predicted molar refractivity (Wildman–Crippen MR) is 86.3 cm³/mol. The quantitative estimate of drug-likeness (QED) is 0.688. The summed E-state index contributed by atoms with van der Waals surface area (Å²) in [6.45, 7) is 3.86. The van der Waals surface area contributed by atoms with Gasteiger partial charge in [-0.1, -0.05) is 29.0 Å². The summed E-state index contributed by atoms with van der Waals surface area (Å²) in [4.78, 5) is 14.3. The van der Waals surface area contributed by atoms with E-state index in [9.17, 15) is 4.79 Å². The Kier molecular flexibility index (Phi) is 3.16. The first-order valence-corrected chi connectivity index (χ1v) is 8.19. The first-order chi connectivity index (χ1) is 10.6. The molecule has 4 rings (SSSR count). The Hall–Kier alpha value is -1.92. The van der Waals surface area contributed by atoms with Gasteiger partial charge in [0.15, 0.2) is 0 Å². The molecule has 0 saturated heterocycles. The topological polar surface area (TPSA) is 51.0 Å². The number of benzene rings is 1. The molecule has 0 saturated carbocycles. The standard InChI is InChI=1S/C15H13ClN4OS/c1-9-17-18-14(22-9)15(21)19-5-6-20-10(8-19)7-11-12(16)3-2-4-13(11)20/h2-4,7H,5-6,8H2,1H3. The molecule has 22 heavy (non-hydrogen) atoms. The summed E-state index contributed by atoms with van der Waals surface area (Å²) in [7, 11) is 0. The highest BCUT2D eigenvalue weighted by molar-refractivity contribution is 7.13. The summed E-state index contributed by atoms with van der Waals surface area (Å²) in [5, 5.41) is 10.9. The number of nitrogens with zero attached hydrogens (tertiary/aromatic N) is 4. The van der Waals surface area contributed by atoms with Crippen LogP contribution in [0.5, 0.6) is 0 Å². The second-order valence-corrected chi connectivity index (χ2v) is 6.90. The van der Waals surface area contributed by atoms with E-state index in [1.54, 1.807) is 0 Å². The number of carbonyl (C=O) groups is 1. The van der Waals surface area contributed by atoms with Crippen LogP contribution in [-0.2, 0) is 13.1 Å². The third-order valence-electron chi connectivity index (χ3n) is 3.92. The molecule has 2 aromatic heterocycles. The van der Waals surface area contributed by atoms with E-state index in [-0.39, 0.29) is 5.91 Å². The van der Waals surface area contributed by atoms with E-state index in [2.05, 4.69) is 26.9 Å². The van der Waals surface area contributed by atoms with Crippen LogP contribution in [-0.4, -0.2) is 32.1 Å². The fourth-order valence-corrected chi connectivity index (χ4v) is 3.77. The van der Waals surface area contributed by atoms with E-state index in [1.807, 2.05) is 24.0 Å². The maximum absolute atomic E-state index is 12.5. The van der Waals surface area contributed by atoms with E-state index in [4.69, 9.17) is 11.6 Å². The number of hydrogen-bond donors (Lipinski definition) is 0. The van der Waals surface area contributed by atoms with Gasteiger partial charge in [-0.2, -0.15) is 0 Å². The Morgan fingerprint density at radius 3 is 2.95 bits per heavy atom. The third-order valence-corrected chi connectivity index (χ3v) is 5.08. The number of hydrogen-bond acceptors (Lipinski definition) is 4. The van der Waals surface area contributed by atoms with Crippen molar-refractivity contribution in [2.24, 2.45) is 0 Å². The zero-order valence-electron chi connectivity index (χ0n) is 11.9. The largest absolute Gasteiger partial charge is 0.341 e. The zero-order valence-corrected chi connectivity index (χ0v) is 13.5. The van der Waals surface area contributed by atoms with Crippen LogP contribution in [0.3, 0.4) is 0 Å². The van der Waals surface area contributed by atoms with Crippen molar-refractivity contribution in [3.63, 3.8) is 0 Å². The molecule has 0 fully saturated rings. The predicted octanol–water partition coefficient (Wildman–Crippen LogP) is 3.11. The maximum Gasteiger partial charge on any atom is 0.285 e. The van der Waals surface area contributed by atoms with Gasteiger partial charge in [0.05, 0.1) is 6.54 Å². The van der Waals surface area contributed by atoms with Crippen molar-refractivity contribution in [1.29, 1.82) is 0 Å². The normalized spacial score (nSPS) is 14.4. The molecule has 1 aliphatic rings. The van der Waals surface area contributed by atoms with Crippen molar-refractivity contribution in [3.05, 3.63) is 45.0 Å². The molecule has 0 spiro atoms. The molecule has 0 aliphatic carbocycles. The maximum atomic E-state index is 12.5. The van der Waals surface area contributed by atoms with Crippen LogP contribution in [0.4, 0.5) is 0 Å². The number of halogens is 1. The van der Waals surface area contributed by atoms with Crippen molar-refractivity contribution in [2.75, 3.05) is 6.54 Å². The monoisotopic (exact) mass is 332 g/mol. The lowest BCUT2D eigenvalue weighted by molar-refractivity contribution is 0.0711. The van der Waals surface area contributed by atoms with Gasteiger partial charge in [0.2, 0.25) is 5.01 Å². The summed E-state index contributed by atoms with van der Waals surface area (Å²) >= 11 is 7.60. The van der Waals surface area contributed by atoms with Crippen LogP contribution >= 0.6 is 22.9 Å². The van der Waals surface area contributed by atoms with Crippen molar-refractivity contribution < 1.29 is 4.79 Å². The van der Waals surface area contributed by atoms with Gasteiger partial charge in [0, 0.05) is 34.7 Å². The van der Waals surface area contributed by atoms with Crippen LogP contribution in [0.2, 0.25) is 5.02 Å². The summed E-state index contributed by atoms with van der Waals surface area (Å²) in [5.74, 6) is -0.0480. The molecule has 112 valence electrons. The lowest BCUT2D eigenvalue weighted by Gasteiger charge is -2.28. The van der Waals surface area contributed by atoms with E-state index in [0.717, 1.165) is 33.2 Å². The van der Waals surface area contributed by atoms with Gasteiger partial charge < -0.3 is 9.47 Å². The first kappa shape index (κ1) is 13.7. The number of aromatic nitrogens is 3. The summed E-state index contributed by atoms with van der Waals surface area (Å²) < 4.78 is 2.23. The van der Waals surface area contributed by atoms with Crippen LogP contribution in [0.1, 0.15) is 20.5 Å². The smallest absolute Gasteiger partial charge is 0.285 e. The van der Waals surface area contributed by atoms with Gasteiger partial charge in [0.25, 0.3) is 5.91 Å². The minimum Gasteiger partial charge on any atom is -0.341 e. The lowest BCUT2D eigenvalue weighted by Crippen LogP contribution is -2.38. The number of fused-ring (bicyclic) bond motifs is 3. The van der Waals surface area contributed by atoms with E-state index < -0.39 is 0 Å². The zero-order chi connectivity index (χ0) is 15.3. The Bertz CT molecular complexity index is 885. The van der Waals surface area contributed by atoms with Crippen LogP contribution < -0.4 is 0 Å². The summed E-state index contributed by atoms with van der Waals surface area (Å²) in [6.07, 6.45) is 0. The lowest BCUT2D eigenvalue weighted by atomic mass is 10.2. The van der Waals surface area contributed by atoms with Crippen LogP contribution in [0.25, 0.3) is 10.9 Å². The second kappa shape index (κ2) is 5.07. The molecule has 7 heteroatoms. The molecule has 0 bridgehead atoms. The average molecular weight is 333 g/mol. The fourth-order valence-electron chi connectivity index (χ4n) is 2.89. The molecule has 1 aromatic carbocycles. The summed E-state index contributed by atoms with van der Waals surface area (Å²) in [6, 6.07) is 7.99. The average Bonchev–Trinajstić information content (AvgIpc) is 3.10. The molecule has 0 unspecified atom stereocenters. The number of amides is 1. The van der Waals surface area contributed by atoms with E-state index in [0.29, 0.717) is 18.1 Å². The van der Waals surface area contributed by atoms with Gasteiger partial charge in [-0.25, -0.2) is 0 Å². The van der Waals surface area contributed by atoms with Gasteiger partial charge in [-0.15, -0.1) is 10.2 Å². The van der Waals surface area contributed by atoms with Crippen molar-refractivity contribution in [1.82, 2.24) is 19.7 Å². The highest BCUT2D eigenvalue weighted by Crippen LogP contribution is 2.29. The van der Waals surface area contributed by atoms with Crippen molar-refractivity contribution >= 4 is 39.7 Å². The van der Waals surface area contributed by atoms with Gasteiger partial charge in [-0.3, -0.25) is 4.79 Å². The Balaban J connectivity index is 1.68. The molecule has 3 aromatic rings. The van der Waals surface area contributed by atoms with Gasteiger partial charge in [0.1, 0.15) is 5.01 Å². The van der Waals surface area contributed by atoms with Crippen molar-refractivity contribution in [2.45, 2.75) is 20.0 Å². The molecule has 1 amide bonds. The summed E-state index contributed by atoms with van der Waals surface area (Å²) in [5.41, 5.74) is 2.23. The van der Waals surface area contributed by atoms with Crippen LogP contribution in [0, 0.1) is 6.92 Å². The molecular weight excluding hydrogens is 320 g/mol. The van der Waals surface area contributed by atoms with E-state index in [1.165, 1.54) is 11.3 Å². The second-order valence-electron chi connectivity index (χ2n) is 5.31. The first-order valence-electron chi connectivity index (χ1n) is 6.99. The molecule has 0 N–H and O–H groups in total. The highest BCUT2D eigenvalue weighted by atomic mass is 35.5. The van der Waals surface area contributed by atoms with E-state index >= 15 is 0 Å².